The summed E-state index contributed by atoms with van der Waals surface area (Å²) in [5.74, 6) is -0.644. The molecule has 0 spiro atoms. The third-order valence-corrected chi connectivity index (χ3v) is 4.99. The van der Waals surface area contributed by atoms with Crippen LogP contribution < -0.4 is 9.62 Å². The Balaban J connectivity index is 1.93. The normalized spacial score (nSPS) is 14.8. The maximum Gasteiger partial charge on any atom is 0.414 e. The first-order valence-corrected chi connectivity index (χ1v) is 8.53. The molecule has 24 heavy (non-hydrogen) atoms. The number of carbonyl (C=O) groups excluding carboxylic acids is 1. The van der Waals surface area contributed by atoms with Gasteiger partial charge in [-0.3, -0.25) is 14.3 Å². The first-order chi connectivity index (χ1) is 11.3. The predicted molar refractivity (Wildman–Crippen MR) is 83.8 cm³/mol. The molecule has 10 heteroatoms. The summed E-state index contributed by atoms with van der Waals surface area (Å²) in [6, 6.07) is 3.63. The van der Waals surface area contributed by atoms with Gasteiger partial charge in [-0.2, -0.15) is 5.10 Å². The molecule has 1 aliphatic heterocycles. The van der Waals surface area contributed by atoms with Crippen LogP contribution in [0.1, 0.15) is 5.69 Å². The molecule has 0 aliphatic carbocycles. The molecular formula is C14H15FN4O4S. The topological polar surface area (TPSA) is 93.5 Å². The summed E-state index contributed by atoms with van der Waals surface area (Å²) in [5, 5.41) is 3.99. The molecule has 8 nitrogen and oxygen atoms in total. The molecule has 1 N–H and O–H groups in total. The van der Waals surface area contributed by atoms with Crippen molar-refractivity contribution in [3.63, 3.8) is 0 Å². The van der Waals surface area contributed by atoms with Gasteiger partial charge in [-0.25, -0.2) is 17.6 Å². The van der Waals surface area contributed by atoms with Gasteiger partial charge in [0.2, 0.25) is 0 Å². The SMILES string of the molecule is Cc1nn(C)cc1S(=O)(=O)Nc1ccc(F)c(N2CCOC2=O)c1. The number of nitrogens with one attached hydrogen (secondary N) is 1. The molecule has 0 unspecified atom stereocenters. The molecule has 1 saturated heterocycles. The molecule has 0 bridgehead atoms. The molecule has 1 aliphatic rings. The van der Waals surface area contributed by atoms with E-state index in [4.69, 9.17) is 4.74 Å². The van der Waals surface area contributed by atoms with Crippen molar-refractivity contribution in [3.8, 4) is 0 Å². The average Bonchev–Trinajstić information content (AvgIpc) is 3.06. The van der Waals surface area contributed by atoms with E-state index in [0.717, 1.165) is 11.0 Å². The molecule has 3 rings (SSSR count). The number of benzene rings is 1. The second-order valence-electron chi connectivity index (χ2n) is 5.29. The van der Waals surface area contributed by atoms with Crippen molar-refractivity contribution in [1.82, 2.24) is 9.78 Å². The first kappa shape index (κ1) is 16.2. The monoisotopic (exact) mass is 354 g/mol. The summed E-state index contributed by atoms with van der Waals surface area (Å²) in [7, 11) is -2.27. The van der Waals surface area contributed by atoms with Crippen LogP contribution in [0.2, 0.25) is 0 Å². The molecule has 2 heterocycles. The van der Waals surface area contributed by atoms with Crippen molar-refractivity contribution in [2.24, 2.45) is 7.05 Å². The molecule has 1 fully saturated rings. The lowest BCUT2D eigenvalue weighted by Gasteiger charge is -2.15. The number of anilines is 2. The number of aromatic nitrogens is 2. The molecule has 128 valence electrons. The molecule has 1 amide bonds. The summed E-state index contributed by atoms with van der Waals surface area (Å²) in [6.07, 6.45) is 0.706. The number of hydrogen-bond donors (Lipinski definition) is 1. The minimum absolute atomic E-state index is 0.0245. The van der Waals surface area contributed by atoms with Crippen LogP contribution >= 0.6 is 0 Å². The maximum absolute atomic E-state index is 14.0. The van der Waals surface area contributed by atoms with Crippen molar-refractivity contribution < 1.29 is 22.3 Å². The maximum atomic E-state index is 14.0. The Labute approximate surface area is 137 Å². The number of halogens is 1. The Morgan fingerprint density at radius 3 is 2.71 bits per heavy atom. The van der Waals surface area contributed by atoms with Crippen molar-refractivity contribution in [2.45, 2.75) is 11.8 Å². The van der Waals surface area contributed by atoms with Gasteiger partial charge in [0.25, 0.3) is 10.0 Å². The Kier molecular flexibility index (Phi) is 3.91. The fraction of sp³-hybridized carbons (Fsp3) is 0.286. The number of amides is 1. The van der Waals surface area contributed by atoms with Gasteiger partial charge in [-0.1, -0.05) is 0 Å². The van der Waals surface area contributed by atoms with Crippen molar-refractivity contribution in [3.05, 3.63) is 35.9 Å². The number of rotatable bonds is 4. The van der Waals surface area contributed by atoms with Gasteiger partial charge in [0.05, 0.1) is 23.6 Å². The van der Waals surface area contributed by atoms with Crippen molar-refractivity contribution >= 4 is 27.5 Å². The summed E-state index contributed by atoms with van der Waals surface area (Å²) in [4.78, 5) is 12.7. The number of aryl methyl sites for hydroxylation is 2. The highest BCUT2D eigenvalue weighted by Crippen LogP contribution is 2.27. The van der Waals surface area contributed by atoms with Crippen LogP contribution in [-0.4, -0.2) is 37.4 Å². The van der Waals surface area contributed by atoms with Crippen molar-refractivity contribution in [2.75, 3.05) is 22.8 Å². The fourth-order valence-electron chi connectivity index (χ4n) is 2.45. The number of carbonyl (C=O) groups is 1. The smallest absolute Gasteiger partial charge is 0.414 e. The van der Waals surface area contributed by atoms with Gasteiger partial charge in [0.1, 0.15) is 17.3 Å². The highest BCUT2D eigenvalue weighted by Gasteiger charge is 2.27. The molecule has 0 saturated carbocycles. The van der Waals surface area contributed by atoms with Crippen LogP contribution in [0.3, 0.4) is 0 Å². The van der Waals surface area contributed by atoms with E-state index < -0.39 is 21.9 Å². The summed E-state index contributed by atoms with van der Waals surface area (Å²) in [6.45, 7) is 1.93. The number of cyclic esters (lactones) is 1. The highest BCUT2D eigenvalue weighted by molar-refractivity contribution is 7.92. The summed E-state index contributed by atoms with van der Waals surface area (Å²) >= 11 is 0. The van der Waals surface area contributed by atoms with Crippen LogP contribution in [-0.2, 0) is 21.8 Å². The van der Waals surface area contributed by atoms with Crippen LogP contribution in [0.15, 0.2) is 29.3 Å². The first-order valence-electron chi connectivity index (χ1n) is 7.05. The Hall–Kier alpha value is -2.62. The van der Waals surface area contributed by atoms with E-state index in [1.807, 2.05) is 0 Å². The number of ether oxygens (including phenoxy) is 1. The van der Waals surface area contributed by atoms with Gasteiger partial charge >= 0.3 is 6.09 Å². The predicted octanol–water partition coefficient (Wildman–Crippen LogP) is 1.63. The second kappa shape index (κ2) is 5.78. The zero-order valence-corrected chi connectivity index (χ0v) is 13.8. The zero-order chi connectivity index (χ0) is 17.5. The molecule has 1 aromatic heterocycles. The highest BCUT2D eigenvalue weighted by atomic mass is 32.2. The van der Waals surface area contributed by atoms with E-state index in [1.54, 1.807) is 14.0 Å². The van der Waals surface area contributed by atoms with Crippen LogP contribution in [0.4, 0.5) is 20.6 Å². The standard InChI is InChI=1S/C14H15FN4O4S/c1-9-13(8-18(2)16-9)24(21,22)17-10-3-4-11(15)12(7-10)19-5-6-23-14(19)20/h3-4,7-8,17H,5-6H2,1-2H3. The van der Waals surface area contributed by atoms with Crippen LogP contribution in [0, 0.1) is 12.7 Å². The molecule has 0 radical (unpaired) electrons. The Morgan fingerprint density at radius 1 is 1.38 bits per heavy atom. The fourth-order valence-corrected chi connectivity index (χ4v) is 3.72. The minimum Gasteiger partial charge on any atom is -0.447 e. The largest absolute Gasteiger partial charge is 0.447 e. The van der Waals surface area contributed by atoms with E-state index in [9.17, 15) is 17.6 Å². The van der Waals surface area contributed by atoms with E-state index >= 15 is 0 Å². The van der Waals surface area contributed by atoms with Gasteiger partial charge in [-0.05, 0) is 25.1 Å². The lowest BCUT2D eigenvalue weighted by atomic mass is 10.2. The quantitative estimate of drug-likeness (QED) is 0.901. The number of nitrogens with zero attached hydrogens (tertiary/aromatic N) is 3. The lowest BCUT2D eigenvalue weighted by molar-refractivity contribution is 0.181. The molecule has 1 aromatic carbocycles. The number of hydrogen-bond acceptors (Lipinski definition) is 5. The van der Waals surface area contributed by atoms with Crippen LogP contribution in [0.5, 0.6) is 0 Å². The lowest BCUT2D eigenvalue weighted by Crippen LogP contribution is -2.24. The van der Waals surface area contributed by atoms with Crippen molar-refractivity contribution in [1.29, 1.82) is 0 Å². The third-order valence-electron chi connectivity index (χ3n) is 3.51. The second-order valence-corrected chi connectivity index (χ2v) is 6.94. The van der Waals surface area contributed by atoms with Gasteiger partial charge < -0.3 is 4.74 Å². The molecular weight excluding hydrogens is 339 g/mol. The van der Waals surface area contributed by atoms with E-state index in [-0.39, 0.29) is 29.4 Å². The van der Waals surface area contributed by atoms with Gasteiger partial charge in [-0.15, -0.1) is 0 Å². The van der Waals surface area contributed by atoms with E-state index in [0.29, 0.717) is 5.69 Å². The van der Waals surface area contributed by atoms with E-state index in [1.165, 1.54) is 23.0 Å². The van der Waals surface area contributed by atoms with Gasteiger partial charge in [0, 0.05) is 13.2 Å². The van der Waals surface area contributed by atoms with Gasteiger partial charge in [0.15, 0.2) is 0 Å². The van der Waals surface area contributed by atoms with E-state index in [2.05, 4.69) is 9.82 Å². The zero-order valence-electron chi connectivity index (χ0n) is 13.0. The minimum atomic E-state index is -3.88. The summed E-state index contributed by atoms with van der Waals surface area (Å²) < 4.78 is 47.4. The summed E-state index contributed by atoms with van der Waals surface area (Å²) in [5.41, 5.74) is 0.436. The van der Waals surface area contributed by atoms with Crippen LogP contribution in [0.25, 0.3) is 0 Å². The molecule has 2 aromatic rings. The average molecular weight is 354 g/mol. The molecule has 0 atom stereocenters. The Morgan fingerprint density at radius 2 is 2.12 bits per heavy atom. The Bertz CT molecular complexity index is 909. The number of sulfonamides is 1. The third kappa shape index (κ3) is 2.92.